The van der Waals surface area contributed by atoms with E-state index in [0.29, 0.717) is 18.3 Å². The molecule has 1 aromatic heterocycles. The van der Waals surface area contributed by atoms with E-state index in [4.69, 9.17) is 0 Å². The normalized spacial score (nSPS) is 12.3. The molecule has 0 spiro atoms. The second-order valence-electron chi connectivity index (χ2n) is 5.34. The van der Waals surface area contributed by atoms with Crippen LogP contribution in [0.5, 0.6) is 0 Å². The molecule has 0 radical (unpaired) electrons. The highest BCUT2D eigenvalue weighted by Crippen LogP contribution is 2.24. The molecule has 0 saturated heterocycles. The summed E-state index contributed by atoms with van der Waals surface area (Å²) in [5.41, 5.74) is 0.502. The first-order chi connectivity index (χ1) is 8.28. The van der Waals surface area contributed by atoms with Crippen LogP contribution in [-0.4, -0.2) is 10.5 Å². The van der Waals surface area contributed by atoms with Gasteiger partial charge in [0.05, 0.1) is 5.52 Å². The van der Waals surface area contributed by atoms with Crippen LogP contribution in [0.1, 0.15) is 26.5 Å². The molecule has 0 aliphatic carbocycles. The first-order valence-corrected chi connectivity index (χ1v) is 5.68. The van der Waals surface area contributed by atoms with Gasteiger partial charge in [-0.2, -0.15) is 0 Å². The maximum Gasteiger partial charge on any atom is 0.168 e. The van der Waals surface area contributed by atoms with E-state index in [-0.39, 0.29) is 16.4 Å². The summed E-state index contributed by atoms with van der Waals surface area (Å²) in [5.74, 6) is -2.98. The number of hydrogen-bond donors (Lipinski definition) is 2. The molecule has 0 amide bonds. The number of halogens is 3. The fourth-order valence-electron chi connectivity index (χ4n) is 1.70. The van der Waals surface area contributed by atoms with Crippen LogP contribution in [0, 0.1) is 17.5 Å². The van der Waals surface area contributed by atoms with E-state index in [1.807, 2.05) is 20.8 Å². The van der Waals surface area contributed by atoms with Gasteiger partial charge in [0, 0.05) is 29.2 Å². The van der Waals surface area contributed by atoms with Gasteiger partial charge in [0.25, 0.3) is 0 Å². The topological polar surface area (TPSA) is 27.8 Å². The second-order valence-corrected chi connectivity index (χ2v) is 5.34. The molecule has 1 aromatic carbocycles. The maximum atomic E-state index is 13.5. The minimum absolute atomic E-state index is 0.000362. The highest BCUT2D eigenvalue weighted by atomic mass is 19.2. The summed E-state index contributed by atoms with van der Waals surface area (Å²) in [7, 11) is 0. The van der Waals surface area contributed by atoms with E-state index in [1.165, 1.54) is 6.07 Å². The molecule has 0 aliphatic heterocycles. The fourth-order valence-corrected chi connectivity index (χ4v) is 1.70. The van der Waals surface area contributed by atoms with Crippen LogP contribution < -0.4 is 5.32 Å². The van der Waals surface area contributed by atoms with Crippen LogP contribution in [-0.2, 0) is 6.54 Å². The molecule has 0 fully saturated rings. The Morgan fingerprint density at radius 3 is 2.39 bits per heavy atom. The average molecular weight is 256 g/mol. The lowest BCUT2D eigenvalue weighted by Crippen LogP contribution is -2.35. The molecule has 0 bridgehead atoms. The van der Waals surface area contributed by atoms with Crippen molar-refractivity contribution in [3.8, 4) is 0 Å². The third kappa shape index (κ3) is 2.51. The van der Waals surface area contributed by atoms with Crippen molar-refractivity contribution < 1.29 is 13.2 Å². The van der Waals surface area contributed by atoms with Crippen molar-refractivity contribution in [2.45, 2.75) is 32.9 Å². The number of rotatable bonds is 2. The van der Waals surface area contributed by atoms with E-state index < -0.39 is 17.5 Å². The van der Waals surface area contributed by atoms with Gasteiger partial charge in [-0.25, -0.2) is 13.2 Å². The Morgan fingerprint density at radius 2 is 1.78 bits per heavy atom. The largest absolute Gasteiger partial charge is 0.355 e. The Labute approximate surface area is 103 Å². The zero-order valence-corrected chi connectivity index (χ0v) is 10.5. The van der Waals surface area contributed by atoms with Crippen LogP contribution in [0.4, 0.5) is 13.2 Å². The highest BCUT2D eigenvalue weighted by molar-refractivity contribution is 5.81. The van der Waals surface area contributed by atoms with Crippen molar-refractivity contribution in [3.63, 3.8) is 0 Å². The predicted octanol–water partition coefficient (Wildman–Crippen LogP) is 3.47. The molecule has 2 rings (SSSR count). The number of hydrogen-bond acceptors (Lipinski definition) is 1. The van der Waals surface area contributed by atoms with Crippen molar-refractivity contribution in [2.75, 3.05) is 0 Å². The lowest BCUT2D eigenvalue weighted by molar-refractivity contribution is 0.422. The second kappa shape index (κ2) is 4.31. The monoisotopic (exact) mass is 256 g/mol. The first-order valence-electron chi connectivity index (χ1n) is 5.68. The number of aromatic nitrogens is 1. The lowest BCUT2D eigenvalue weighted by Gasteiger charge is -2.19. The zero-order valence-electron chi connectivity index (χ0n) is 10.5. The molecule has 0 saturated carbocycles. The summed E-state index contributed by atoms with van der Waals surface area (Å²) in [4.78, 5) is 2.76. The third-order valence-electron chi connectivity index (χ3n) is 2.62. The van der Waals surface area contributed by atoms with Gasteiger partial charge in [0.15, 0.2) is 11.6 Å². The summed E-state index contributed by atoms with van der Waals surface area (Å²) >= 11 is 0. The molecular weight excluding hydrogens is 241 g/mol. The van der Waals surface area contributed by atoms with E-state index in [0.717, 1.165) is 0 Å². The summed E-state index contributed by atoms with van der Waals surface area (Å²) in [5, 5.41) is 3.13. The highest BCUT2D eigenvalue weighted by Gasteiger charge is 2.16. The SMILES string of the molecule is CC(C)(C)NCc1cc2c(F)c(F)cc(F)c2[nH]1. The van der Waals surface area contributed by atoms with Crippen molar-refractivity contribution in [2.24, 2.45) is 0 Å². The fraction of sp³-hybridized carbons (Fsp3) is 0.385. The molecule has 98 valence electrons. The van der Waals surface area contributed by atoms with Gasteiger partial charge in [-0.3, -0.25) is 0 Å². The standard InChI is InChI=1S/C13H15F3N2/c1-13(2,3)17-6-7-4-8-11(16)9(14)5-10(15)12(8)18-7/h4-5,17-18H,6H2,1-3H3. The molecule has 18 heavy (non-hydrogen) atoms. The van der Waals surface area contributed by atoms with Gasteiger partial charge >= 0.3 is 0 Å². The van der Waals surface area contributed by atoms with E-state index in [1.54, 1.807) is 0 Å². The summed E-state index contributed by atoms with van der Waals surface area (Å²) in [6, 6.07) is 1.98. The van der Waals surface area contributed by atoms with E-state index in [2.05, 4.69) is 10.3 Å². The number of nitrogens with one attached hydrogen (secondary N) is 2. The van der Waals surface area contributed by atoms with Crippen molar-refractivity contribution in [1.82, 2.24) is 10.3 Å². The number of H-pyrrole nitrogens is 1. The van der Waals surface area contributed by atoms with Gasteiger partial charge in [0.2, 0.25) is 0 Å². The summed E-state index contributed by atoms with van der Waals surface area (Å²) in [6.45, 7) is 6.38. The summed E-state index contributed by atoms with van der Waals surface area (Å²) < 4.78 is 40.0. The molecule has 0 aliphatic rings. The molecule has 1 heterocycles. The quantitative estimate of drug-likeness (QED) is 0.791. The van der Waals surface area contributed by atoms with Gasteiger partial charge < -0.3 is 10.3 Å². The van der Waals surface area contributed by atoms with E-state index in [9.17, 15) is 13.2 Å². The third-order valence-corrected chi connectivity index (χ3v) is 2.62. The molecule has 5 heteroatoms. The van der Waals surface area contributed by atoms with Crippen molar-refractivity contribution >= 4 is 10.9 Å². The van der Waals surface area contributed by atoms with E-state index >= 15 is 0 Å². The minimum atomic E-state index is -1.17. The predicted molar refractivity (Wildman–Crippen MR) is 64.8 cm³/mol. The van der Waals surface area contributed by atoms with Crippen LogP contribution in [0.15, 0.2) is 12.1 Å². The van der Waals surface area contributed by atoms with Gasteiger partial charge in [-0.1, -0.05) is 0 Å². The Morgan fingerprint density at radius 1 is 1.11 bits per heavy atom. The Kier molecular flexibility index (Phi) is 3.11. The minimum Gasteiger partial charge on any atom is -0.355 e. The molecular formula is C13H15F3N2. The van der Waals surface area contributed by atoms with Crippen molar-refractivity contribution in [1.29, 1.82) is 0 Å². The van der Waals surface area contributed by atoms with Gasteiger partial charge in [-0.05, 0) is 26.8 Å². The molecule has 0 atom stereocenters. The first kappa shape index (κ1) is 13.0. The smallest absolute Gasteiger partial charge is 0.168 e. The molecule has 2 aromatic rings. The number of benzene rings is 1. The molecule has 0 unspecified atom stereocenters. The van der Waals surface area contributed by atoms with Crippen LogP contribution in [0.2, 0.25) is 0 Å². The Balaban J connectivity index is 2.38. The van der Waals surface area contributed by atoms with Crippen LogP contribution in [0.25, 0.3) is 10.9 Å². The average Bonchev–Trinajstić information content (AvgIpc) is 2.67. The number of fused-ring (bicyclic) bond motifs is 1. The Hall–Kier alpha value is -1.49. The van der Waals surface area contributed by atoms with Gasteiger partial charge in [0.1, 0.15) is 5.82 Å². The molecule has 2 N–H and O–H groups in total. The molecule has 2 nitrogen and oxygen atoms in total. The van der Waals surface area contributed by atoms with Crippen molar-refractivity contribution in [3.05, 3.63) is 35.3 Å². The number of aromatic amines is 1. The van der Waals surface area contributed by atoms with Crippen LogP contribution >= 0.6 is 0 Å². The van der Waals surface area contributed by atoms with Gasteiger partial charge in [-0.15, -0.1) is 0 Å². The van der Waals surface area contributed by atoms with Crippen LogP contribution in [0.3, 0.4) is 0 Å². The lowest BCUT2D eigenvalue weighted by atomic mass is 10.1. The Bertz CT molecular complexity index is 582. The zero-order chi connectivity index (χ0) is 13.5. The maximum absolute atomic E-state index is 13.5. The summed E-state index contributed by atoms with van der Waals surface area (Å²) in [6.07, 6.45) is 0.